The van der Waals surface area contributed by atoms with Gasteiger partial charge in [-0.25, -0.2) is 9.97 Å². The van der Waals surface area contributed by atoms with Crippen LogP contribution in [0.2, 0.25) is 0 Å². The Bertz CT molecular complexity index is 462. The molecule has 2 bridgehead atoms. The van der Waals surface area contributed by atoms with Crippen molar-refractivity contribution in [3.8, 4) is 0 Å². The van der Waals surface area contributed by atoms with E-state index >= 15 is 0 Å². The number of halogens is 1. The minimum Gasteiger partial charge on any atom is -0.350 e. The molecule has 0 amide bonds. The van der Waals surface area contributed by atoms with E-state index in [9.17, 15) is 0 Å². The third-order valence-corrected chi connectivity index (χ3v) is 5.13. The molecule has 0 N–H and O–H groups in total. The highest BCUT2D eigenvalue weighted by molar-refractivity contribution is 6.20. The molecule has 1 aromatic rings. The van der Waals surface area contributed by atoms with Crippen LogP contribution < -0.4 is 4.90 Å². The highest BCUT2D eigenvalue weighted by Gasteiger charge is 2.42. The SMILES string of the molecule is ClC1CC2CCC(C1)N2c1ncnc2c1CCC2. The Hall–Kier alpha value is -0.830. The van der Waals surface area contributed by atoms with Gasteiger partial charge in [0.25, 0.3) is 0 Å². The molecule has 2 fully saturated rings. The van der Waals surface area contributed by atoms with Gasteiger partial charge in [0, 0.05) is 28.7 Å². The summed E-state index contributed by atoms with van der Waals surface area (Å²) in [5, 5.41) is 0.369. The van der Waals surface area contributed by atoms with Gasteiger partial charge in [-0.3, -0.25) is 0 Å². The number of aryl methyl sites for hydroxylation is 1. The second-order valence-electron chi connectivity index (χ2n) is 5.84. The Morgan fingerprint density at radius 3 is 2.67 bits per heavy atom. The van der Waals surface area contributed by atoms with Crippen LogP contribution in [0.3, 0.4) is 0 Å². The first kappa shape index (κ1) is 11.0. The monoisotopic (exact) mass is 263 g/mol. The first-order valence-electron chi connectivity index (χ1n) is 7.08. The molecule has 0 saturated carbocycles. The normalized spacial score (nSPS) is 33.8. The van der Waals surface area contributed by atoms with E-state index < -0.39 is 0 Å². The standard InChI is InChI=1S/C14H18ClN3/c15-9-6-10-4-5-11(7-9)18(10)14-12-2-1-3-13(12)16-8-17-14/h8-11H,1-7H2. The molecule has 0 radical (unpaired) electrons. The summed E-state index contributed by atoms with van der Waals surface area (Å²) in [6.07, 6.45) is 10.1. The van der Waals surface area contributed by atoms with E-state index in [0.717, 1.165) is 25.7 Å². The van der Waals surface area contributed by atoms with Gasteiger partial charge in [-0.05, 0) is 44.9 Å². The zero-order valence-corrected chi connectivity index (χ0v) is 11.2. The van der Waals surface area contributed by atoms with Crippen LogP contribution in [0.25, 0.3) is 0 Å². The van der Waals surface area contributed by atoms with E-state index in [1.165, 1.54) is 36.3 Å². The van der Waals surface area contributed by atoms with Crippen LogP contribution in [0.4, 0.5) is 5.82 Å². The van der Waals surface area contributed by atoms with Crippen LogP contribution in [0.15, 0.2) is 6.33 Å². The van der Waals surface area contributed by atoms with Gasteiger partial charge in [-0.15, -0.1) is 11.6 Å². The lowest BCUT2D eigenvalue weighted by Gasteiger charge is -2.38. The van der Waals surface area contributed by atoms with Crippen LogP contribution in [0.1, 0.15) is 43.4 Å². The summed E-state index contributed by atoms with van der Waals surface area (Å²) in [6, 6.07) is 1.23. The molecule has 2 atom stereocenters. The predicted octanol–water partition coefficient (Wildman–Crippen LogP) is 2.70. The Morgan fingerprint density at radius 1 is 1.11 bits per heavy atom. The Labute approximate surface area is 113 Å². The van der Waals surface area contributed by atoms with Crippen molar-refractivity contribution in [1.82, 2.24) is 9.97 Å². The van der Waals surface area contributed by atoms with E-state index in [0.29, 0.717) is 17.5 Å². The lowest BCUT2D eigenvalue weighted by atomic mass is 10.0. The van der Waals surface area contributed by atoms with Crippen molar-refractivity contribution in [1.29, 1.82) is 0 Å². The molecule has 1 aliphatic carbocycles. The highest BCUT2D eigenvalue weighted by Crippen LogP contribution is 2.42. The summed E-state index contributed by atoms with van der Waals surface area (Å²) in [5.74, 6) is 1.23. The molecular formula is C14H18ClN3. The van der Waals surface area contributed by atoms with Crippen molar-refractivity contribution < 1.29 is 0 Å². The average Bonchev–Trinajstić information content (AvgIpc) is 2.92. The number of piperidine rings is 1. The molecule has 1 aromatic heterocycles. The zero-order valence-electron chi connectivity index (χ0n) is 10.5. The van der Waals surface area contributed by atoms with Crippen LogP contribution >= 0.6 is 11.6 Å². The van der Waals surface area contributed by atoms with Crippen LogP contribution in [0, 0.1) is 0 Å². The van der Waals surface area contributed by atoms with Gasteiger partial charge in [-0.2, -0.15) is 0 Å². The number of anilines is 1. The number of alkyl halides is 1. The Kier molecular flexibility index (Phi) is 2.51. The minimum absolute atomic E-state index is 0.369. The number of hydrogen-bond donors (Lipinski definition) is 0. The number of rotatable bonds is 1. The van der Waals surface area contributed by atoms with Crippen molar-refractivity contribution in [2.75, 3.05) is 4.90 Å². The fourth-order valence-electron chi connectivity index (χ4n) is 4.02. The second-order valence-corrected chi connectivity index (χ2v) is 6.45. The van der Waals surface area contributed by atoms with Crippen LogP contribution in [-0.2, 0) is 12.8 Å². The summed E-state index contributed by atoms with van der Waals surface area (Å²) < 4.78 is 0. The fraction of sp³-hybridized carbons (Fsp3) is 0.714. The van der Waals surface area contributed by atoms with Gasteiger partial charge in [0.05, 0.1) is 0 Å². The maximum atomic E-state index is 6.36. The van der Waals surface area contributed by atoms with Gasteiger partial charge in [-0.1, -0.05) is 0 Å². The maximum absolute atomic E-state index is 6.36. The van der Waals surface area contributed by atoms with Gasteiger partial charge >= 0.3 is 0 Å². The smallest absolute Gasteiger partial charge is 0.135 e. The van der Waals surface area contributed by atoms with E-state index in [1.54, 1.807) is 6.33 Å². The largest absolute Gasteiger partial charge is 0.350 e. The maximum Gasteiger partial charge on any atom is 0.135 e. The van der Waals surface area contributed by atoms with Crippen molar-refractivity contribution in [2.24, 2.45) is 0 Å². The van der Waals surface area contributed by atoms with Crippen molar-refractivity contribution >= 4 is 17.4 Å². The molecule has 2 aliphatic heterocycles. The number of nitrogens with zero attached hydrogens (tertiary/aromatic N) is 3. The second kappa shape index (κ2) is 4.09. The number of fused-ring (bicyclic) bond motifs is 3. The highest BCUT2D eigenvalue weighted by atomic mass is 35.5. The summed E-state index contributed by atoms with van der Waals surface area (Å²) in [6.45, 7) is 0. The van der Waals surface area contributed by atoms with Crippen LogP contribution in [0.5, 0.6) is 0 Å². The lowest BCUT2D eigenvalue weighted by Crippen LogP contribution is -2.44. The molecule has 3 heterocycles. The predicted molar refractivity (Wildman–Crippen MR) is 72.2 cm³/mol. The van der Waals surface area contributed by atoms with Crippen molar-refractivity contribution in [2.45, 2.75) is 62.4 Å². The van der Waals surface area contributed by atoms with Gasteiger partial charge in [0.15, 0.2) is 0 Å². The molecule has 4 rings (SSSR count). The summed E-state index contributed by atoms with van der Waals surface area (Å²) in [4.78, 5) is 11.6. The molecule has 0 spiro atoms. The molecule has 3 aliphatic rings. The lowest BCUT2D eigenvalue weighted by molar-refractivity contribution is 0.469. The Morgan fingerprint density at radius 2 is 1.89 bits per heavy atom. The third kappa shape index (κ3) is 1.56. The average molecular weight is 264 g/mol. The van der Waals surface area contributed by atoms with E-state index in [2.05, 4.69) is 14.9 Å². The fourth-order valence-corrected chi connectivity index (χ4v) is 4.43. The number of hydrogen-bond acceptors (Lipinski definition) is 3. The van der Waals surface area contributed by atoms with Crippen molar-refractivity contribution in [3.05, 3.63) is 17.6 Å². The van der Waals surface area contributed by atoms with Gasteiger partial charge in [0.1, 0.15) is 12.1 Å². The zero-order chi connectivity index (χ0) is 12.1. The van der Waals surface area contributed by atoms with Gasteiger partial charge < -0.3 is 4.90 Å². The molecule has 3 nitrogen and oxygen atoms in total. The topological polar surface area (TPSA) is 29.0 Å². The number of aromatic nitrogens is 2. The quantitative estimate of drug-likeness (QED) is 0.730. The van der Waals surface area contributed by atoms with E-state index in [1.807, 2.05) is 0 Å². The van der Waals surface area contributed by atoms with Gasteiger partial charge in [0.2, 0.25) is 0 Å². The molecule has 18 heavy (non-hydrogen) atoms. The van der Waals surface area contributed by atoms with E-state index in [4.69, 9.17) is 11.6 Å². The molecule has 2 unspecified atom stereocenters. The molecule has 2 saturated heterocycles. The van der Waals surface area contributed by atoms with Crippen molar-refractivity contribution in [3.63, 3.8) is 0 Å². The first-order valence-corrected chi connectivity index (χ1v) is 7.51. The third-order valence-electron chi connectivity index (χ3n) is 4.77. The summed E-state index contributed by atoms with van der Waals surface area (Å²) >= 11 is 6.36. The Balaban J connectivity index is 1.74. The molecule has 4 heteroatoms. The first-order chi connectivity index (χ1) is 8.83. The molecule has 96 valence electrons. The molecule has 0 aromatic carbocycles. The molecular weight excluding hydrogens is 246 g/mol. The summed E-state index contributed by atoms with van der Waals surface area (Å²) in [7, 11) is 0. The minimum atomic E-state index is 0.369. The van der Waals surface area contributed by atoms with E-state index in [-0.39, 0.29) is 0 Å². The summed E-state index contributed by atoms with van der Waals surface area (Å²) in [5.41, 5.74) is 2.70. The van der Waals surface area contributed by atoms with Crippen LogP contribution in [-0.4, -0.2) is 27.4 Å².